The summed E-state index contributed by atoms with van der Waals surface area (Å²) in [5.41, 5.74) is 9.34. The van der Waals surface area contributed by atoms with Crippen LogP contribution in [0.2, 0.25) is 0 Å². The molecule has 1 fully saturated rings. The maximum absolute atomic E-state index is 6.64. The number of fused-ring (bicyclic) bond motifs is 9. The van der Waals surface area contributed by atoms with Crippen LogP contribution in [-0.2, 0) is 0 Å². The normalized spacial score (nSPS) is 18.2. The lowest BCUT2D eigenvalue weighted by atomic mass is 10.0. The number of benzene rings is 7. The lowest BCUT2D eigenvalue weighted by Gasteiger charge is -2.39. The summed E-state index contributed by atoms with van der Waals surface area (Å²) in [6, 6.07) is 53.8. The van der Waals surface area contributed by atoms with Crippen LogP contribution >= 0.6 is 11.3 Å². The average Bonchev–Trinajstić information content (AvgIpc) is 3.88. The number of hydrogen-bond donors (Lipinski definition) is 3. The van der Waals surface area contributed by atoms with Gasteiger partial charge in [-0.15, -0.1) is 11.3 Å². The first-order valence-corrected chi connectivity index (χ1v) is 18.2. The van der Waals surface area contributed by atoms with Crippen LogP contribution in [0.3, 0.4) is 0 Å². The van der Waals surface area contributed by atoms with E-state index in [1.807, 2.05) is 23.5 Å². The van der Waals surface area contributed by atoms with Gasteiger partial charge in [0.05, 0.1) is 18.5 Å². The highest BCUT2D eigenvalue weighted by Gasteiger charge is 2.30. The lowest BCUT2D eigenvalue weighted by Crippen LogP contribution is -2.54. The Morgan fingerprint density at radius 3 is 1.69 bits per heavy atom. The van der Waals surface area contributed by atoms with Crippen molar-refractivity contribution < 1.29 is 8.83 Å². The minimum atomic E-state index is -0.147. The molecule has 11 rings (SSSR count). The zero-order valence-electron chi connectivity index (χ0n) is 27.4. The van der Waals surface area contributed by atoms with Crippen molar-refractivity contribution in [2.75, 3.05) is 0 Å². The van der Waals surface area contributed by atoms with Crippen LogP contribution in [0.25, 0.3) is 75.2 Å². The van der Waals surface area contributed by atoms with Crippen LogP contribution < -0.4 is 16.0 Å². The van der Waals surface area contributed by atoms with E-state index >= 15 is 0 Å². The third kappa shape index (κ3) is 4.73. The van der Waals surface area contributed by atoms with Crippen molar-refractivity contribution in [1.29, 1.82) is 0 Å². The second-order valence-electron chi connectivity index (χ2n) is 13.4. The summed E-state index contributed by atoms with van der Waals surface area (Å²) in [5, 5.41) is 18.5. The second-order valence-corrected chi connectivity index (χ2v) is 14.5. The van der Waals surface area contributed by atoms with Crippen LogP contribution in [0.1, 0.15) is 35.2 Å². The third-order valence-electron chi connectivity index (χ3n) is 10.4. The number of para-hydroxylation sites is 1. The Kier molecular flexibility index (Phi) is 6.48. The number of rotatable bonds is 4. The highest BCUT2D eigenvalue weighted by molar-refractivity contribution is 7.26. The van der Waals surface area contributed by atoms with Gasteiger partial charge in [0.2, 0.25) is 0 Å². The lowest BCUT2D eigenvalue weighted by molar-refractivity contribution is 0.203. The van der Waals surface area contributed by atoms with Crippen LogP contribution in [0, 0.1) is 0 Å². The molecule has 0 aliphatic carbocycles. The van der Waals surface area contributed by atoms with Crippen molar-refractivity contribution in [3.8, 4) is 11.1 Å². The Morgan fingerprint density at radius 2 is 0.941 bits per heavy atom. The van der Waals surface area contributed by atoms with Gasteiger partial charge in [0.1, 0.15) is 22.3 Å². The molecule has 0 spiro atoms. The van der Waals surface area contributed by atoms with Crippen LogP contribution in [0.5, 0.6) is 0 Å². The molecular formula is C45H31N3O2S. The van der Waals surface area contributed by atoms with Gasteiger partial charge >= 0.3 is 0 Å². The SMILES string of the molecule is c1ccc(C2NC(c3ccc4c(c3)oc3ccccc34)NC(c3ccc4c(c3)oc3cc(-c5cccc6c5sc5ccccc56)ccc34)N2)cc1. The molecule has 1 saturated heterocycles. The maximum atomic E-state index is 6.64. The monoisotopic (exact) mass is 677 g/mol. The van der Waals surface area contributed by atoms with Gasteiger partial charge in [-0.1, -0.05) is 115 Å². The molecule has 0 saturated carbocycles. The van der Waals surface area contributed by atoms with Gasteiger partial charge in [-0.3, -0.25) is 16.0 Å². The molecule has 0 radical (unpaired) electrons. The van der Waals surface area contributed by atoms with Crippen molar-refractivity contribution in [2.24, 2.45) is 0 Å². The fraction of sp³-hybridized carbons (Fsp3) is 0.0667. The first-order chi connectivity index (χ1) is 25.2. The Labute approximate surface area is 297 Å². The van der Waals surface area contributed by atoms with Crippen LogP contribution in [-0.4, -0.2) is 0 Å². The number of nitrogens with one attached hydrogen (secondary N) is 3. The van der Waals surface area contributed by atoms with Crippen molar-refractivity contribution in [2.45, 2.75) is 18.5 Å². The molecule has 0 bridgehead atoms. The van der Waals surface area contributed by atoms with E-state index in [-0.39, 0.29) is 18.5 Å². The highest BCUT2D eigenvalue weighted by Crippen LogP contribution is 2.42. The van der Waals surface area contributed by atoms with Gasteiger partial charge in [-0.05, 0) is 64.2 Å². The minimum absolute atomic E-state index is 0.0839. The van der Waals surface area contributed by atoms with Gasteiger partial charge < -0.3 is 8.83 Å². The molecular weight excluding hydrogens is 647 g/mol. The summed E-state index contributed by atoms with van der Waals surface area (Å²) in [6.45, 7) is 0. The van der Waals surface area contributed by atoms with Crippen LogP contribution in [0.15, 0.2) is 160 Å². The smallest absolute Gasteiger partial charge is 0.136 e. The Bertz CT molecular complexity index is 2940. The van der Waals surface area contributed by atoms with Gasteiger partial charge in [-0.25, -0.2) is 0 Å². The van der Waals surface area contributed by atoms with E-state index in [0.717, 1.165) is 60.6 Å². The largest absolute Gasteiger partial charge is 0.456 e. The van der Waals surface area contributed by atoms with Gasteiger partial charge in [0, 0.05) is 41.7 Å². The molecule has 10 aromatic rings. The summed E-state index contributed by atoms with van der Waals surface area (Å²) in [7, 11) is 0. The molecule has 3 atom stereocenters. The molecule has 7 aromatic carbocycles. The number of furan rings is 2. The fourth-order valence-electron chi connectivity index (χ4n) is 7.90. The van der Waals surface area contributed by atoms with E-state index in [1.165, 1.54) is 31.3 Å². The summed E-state index contributed by atoms with van der Waals surface area (Å²) < 4.78 is 15.5. The first-order valence-electron chi connectivity index (χ1n) is 17.3. The first kappa shape index (κ1) is 29.0. The highest BCUT2D eigenvalue weighted by atomic mass is 32.1. The summed E-state index contributed by atoms with van der Waals surface area (Å²) in [6.07, 6.45) is -0.365. The number of hydrogen-bond acceptors (Lipinski definition) is 6. The zero-order chi connectivity index (χ0) is 33.5. The number of thiophene rings is 1. The molecule has 1 aliphatic rings. The molecule has 244 valence electrons. The average molecular weight is 678 g/mol. The second kappa shape index (κ2) is 11.4. The summed E-state index contributed by atoms with van der Waals surface area (Å²) in [4.78, 5) is 0. The van der Waals surface area contributed by atoms with Gasteiger partial charge in [0.15, 0.2) is 0 Å². The Balaban J connectivity index is 0.970. The van der Waals surface area contributed by atoms with E-state index in [2.05, 4.69) is 155 Å². The molecule has 5 nitrogen and oxygen atoms in total. The van der Waals surface area contributed by atoms with E-state index in [9.17, 15) is 0 Å². The quantitative estimate of drug-likeness (QED) is 0.173. The Morgan fingerprint density at radius 1 is 0.392 bits per heavy atom. The zero-order valence-corrected chi connectivity index (χ0v) is 28.2. The third-order valence-corrected chi connectivity index (χ3v) is 11.6. The standard InChI is InChI=1S/C45H31N3O2S/c1-2-9-26(10-3-1)43-46-44(28-18-21-32-31-11-4-6-15-37(31)49-39(32)24-28)48-45(47-43)29-19-22-34-33-20-17-27(23-38(33)50-40(34)25-29)30-13-8-14-36-35-12-5-7-16-41(35)51-42(30)36/h1-25,43-48H. The van der Waals surface area contributed by atoms with E-state index in [1.54, 1.807) is 0 Å². The molecule has 4 heterocycles. The van der Waals surface area contributed by atoms with Crippen molar-refractivity contribution in [1.82, 2.24) is 16.0 Å². The maximum Gasteiger partial charge on any atom is 0.136 e. The molecule has 1 aliphatic heterocycles. The molecule has 3 N–H and O–H groups in total. The van der Waals surface area contributed by atoms with E-state index in [0.29, 0.717) is 0 Å². The minimum Gasteiger partial charge on any atom is -0.456 e. The topological polar surface area (TPSA) is 62.4 Å². The Hall–Kier alpha value is -5.76. The molecule has 3 unspecified atom stereocenters. The molecule has 0 amide bonds. The van der Waals surface area contributed by atoms with Crippen molar-refractivity contribution in [3.05, 3.63) is 168 Å². The van der Waals surface area contributed by atoms with Crippen molar-refractivity contribution >= 4 is 75.4 Å². The van der Waals surface area contributed by atoms with Crippen molar-refractivity contribution in [3.63, 3.8) is 0 Å². The molecule has 51 heavy (non-hydrogen) atoms. The van der Waals surface area contributed by atoms with E-state index < -0.39 is 0 Å². The van der Waals surface area contributed by atoms with Gasteiger partial charge in [-0.2, -0.15) is 0 Å². The molecule has 6 heteroatoms. The van der Waals surface area contributed by atoms with E-state index in [4.69, 9.17) is 8.83 Å². The summed E-state index contributed by atoms with van der Waals surface area (Å²) >= 11 is 1.85. The van der Waals surface area contributed by atoms with Gasteiger partial charge in [0.25, 0.3) is 0 Å². The predicted octanol–water partition coefficient (Wildman–Crippen LogP) is 11.7. The fourth-order valence-corrected chi connectivity index (χ4v) is 9.14. The van der Waals surface area contributed by atoms with Crippen LogP contribution in [0.4, 0.5) is 0 Å². The summed E-state index contributed by atoms with van der Waals surface area (Å²) in [5.74, 6) is 0. The molecule has 3 aromatic heterocycles. The predicted molar refractivity (Wildman–Crippen MR) is 210 cm³/mol.